The number of benzene rings is 1. The molecule has 0 spiro atoms. The highest BCUT2D eigenvalue weighted by Gasteiger charge is 2.03. The van der Waals surface area contributed by atoms with E-state index in [1.165, 1.54) is 13.2 Å². The zero-order valence-electron chi connectivity index (χ0n) is 9.20. The first kappa shape index (κ1) is 12.9. The molecule has 0 N–H and O–H groups in total. The first-order valence-corrected chi connectivity index (χ1v) is 6.20. The van der Waals surface area contributed by atoms with Crippen LogP contribution in [0.1, 0.15) is 18.4 Å². The van der Waals surface area contributed by atoms with Gasteiger partial charge >= 0.3 is 0 Å². The van der Waals surface area contributed by atoms with Crippen LogP contribution in [0, 0.1) is 17.1 Å². The van der Waals surface area contributed by atoms with Crippen molar-refractivity contribution in [2.75, 3.05) is 12.9 Å². The Balaban J connectivity index is 2.38. The van der Waals surface area contributed by atoms with Crippen molar-refractivity contribution < 1.29 is 9.13 Å². The lowest BCUT2D eigenvalue weighted by Crippen LogP contribution is -1.90. The van der Waals surface area contributed by atoms with Crippen LogP contribution in [0.4, 0.5) is 4.39 Å². The first-order chi connectivity index (χ1) is 7.77. The van der Waals surface area contributed by atoms with Gasteiger partial charge in [-0.1, -0.05) is 6.07 Å². The quantitative estimate of drug-likeness (QED) is 0.713. The Hall–Kier alpha value is -1.21. The normalized spacial score (nSPS) is 9.81. The summed E-state index contributed by atoms with van der Waals surface area (Å²) in [7, 11) is 1.45. The molecule has 4 heteroatoms. The molecule has 1 aromatic carbocycles. The van der Waals surface area contributed by atoms with Crippen LogP contribution in [-0.4, -0.2) is 12.9 Å². The minimum atomic E-state index is -0.322. The van der Waals surface area contributed by atoms with Gasteiger partial charge in [-0.15, -0.1) is 0 Å². The number of thioether (sulfide) groups is 1. The van der Waals surface area contributed by atoms with E-state index in [1.54, 1.807) is 17.8 Å². The van der Waals surface area contributed by atoms with Crippen molar-refractivity contribution in [3.8, 4) is 11.8 Å². The predicted octanol–water partition coefficient (Wildman–Crippen LogP) is 3.37. The molecule has 0 fully saturated rings. The number of nitrogens with zero attached hydrogens (tertiary/aromatic N) is 1. The summed E-state index contributed by atoms with van der Waals surface area (Å²) in [5, 5.41) is 8.35. The Kier molecular flexibility index (Phi) is 5.73. The number of ether oxygens (including phenoxy) is 1. The van der Waals surface area contributed by atoms with Crippen LogP contribution in [0.25, 0.3) is 0 Å². The molecule has 0 aliphatic carbocycles. The monoisotopic (exact) mass is 239 g/mol. The molecule has 0 bridgehead atoms. The van der Waals surface area contributed by atoms with E-state index in [1.807, 2.05) is 6.07 Å². The maximum Gasteiger partial charge on any atom is 0.165 e. The summed E-state index contributed by atoms with van der Waals surface area (Å²) in [5.41, 5.74) is 0.945. The number of methoxy groups -OCH3 is 1. The van der Waals surface area contributed by atoms with Crippen LogP contribution in [0.3, 0.4) is 0 Å². The van der Waals surface area contributed by atoms with Crippen LogP contribution >= 0.6 is 11.8 Å². The minimum absolute atomic E-state index is 0.276. The summed E-state index contributed by atoms with van der Waals surface area (Å²) in [5.74, 6) is 1.66. The Bertz CT molecular complexity index is 376. The van der Waals surface area contributed by atoms with Crippen molar-refractivity contribution in [2.24, 2.45) is 0 Å². The van der Waals surface area contributed by atoms with Crippen molar-refractivity contribution in [1.29, 1.82) is 5.26 Å². The van der Waals surface area contributed by atoms with Gasteiger partial charge in [0, 0.05) is 12.2 Å². The zero-order valence-corrected chi connectivity index (χ0v) is 10.0. The Morgan fingerprint density at radius 1 is 1.50 bits per heavy atom. The van der Waals surface area contributed by atoms with E-state index in [-0.39, 0.29) is 11.6 Å². The van der Waals surface area contributed by atoms with Crippen LogP contribution in [-0.2, 0) is 5.75 Å². The van der Waals surface area contributed by atoms with Gasteiger partial charge in [0.2, 0.25) is 0 Å². The van der Waals surface area contributed by atoms with Crippen molar-refractivity contribution in [2.45, 2.75) is 18.6 Å². The van der Waals surface area contributed by atoms with Gasteiger partial charge in [-0.3, -0.25) is 0 Å². The Labute approximate surface area is 99.4 Å². The lowest BCUT2D eigenvalue weighted by Gasteiger charge is -2.04. The average molecular weight is 239 g/mol. The van der Waals surface area contributed by atoms with Crippen molar-refractivity contribution in [3.63, 3.8) is 0 Å². The molecule has 0 saturated carbocycles. The lowest BCUT2D eigenvalue weighted by atomic mass is 10.2. The van der Waals surface area contributed by atoms with Gasteiger partial charge in [0.15, 0.2) is 11.6 Å². The molecule has 1 rings (SSSR count). The second kappa shape index (κ2) is 7.13. The summed E-state index contributed by atoms with van der Waals surface area (Å²) >= 11 is 1.71. The van der Waals surface area contributed by atoms with Crippen molar-refractivity contribution in [1.82, 2.24) is 0 Å². The molecule has 0 aliphatic heterocycles. The third-order valence-corrected chi connectivity index (χ3v) is 3.18. The number of nitriles is 1. The highest BCUT2D eigenvalue weighted by atomic mass is 32.2. The molecule has 0 amide bonds. The fourth-order valence-electron chi connectivity index (χ4n) is 1.24. The average Bonchev–Trinajstić information content (AvgIpc) is 2.29. The van der Waals surface area contributed by atoms with Gasteiger partial charge < -0.3 is 4.74 Å². The predicted molar refractivity (Wildman–Crippen MR) is 64.0 cm³/mol. The van der Waals surface area contributed by atoms with Crippen LogP contribution in [0.2, 0.25) is 0 Å². The molecular weight excluding hydrogens is 225 g/mol. The molecule has 2 nitrogen and oxygen atoms in total. The van der Waals surface area contributed by atoms with E-state index in [2.05, 4.69) is 6.07 Å². The molecule has 1 aromatic rings. The van der Waals surface area contributed by atoms with E-state index < -0.39 is 0 Å². The molecular formula is C12H14FNOS. The van der Waals surface area contributed by atoms with E-state index in [0.717, 1.165) is 23.5 Å². The third kappa shape index (κ3) is 4.11. The van der Waals surface area contributed by atoms with Gasteiger partial charge in [-0.05, 0) is 29.9 Å². The topological polar surface area (TPSA) is 33.0 Å². The third-order valence-electron chi connectivity index (χ3n) is 2.06. The van der Waals surface area contributed by atoms with E-state index in [9.17, 15) is 4.39 Å². The molecule has 0 atom stereocenters. The second-order valence-corrected chi connectivity index (χ2v) is 4.39. The summed E-state index contributed by atoms with van der Waals surface area (Å²) < 4.78 is 18.1. The molecule has 0 saturated heterocycles. The zero-order chi connectivity index (χ0) is 11.8. The van der Waals surface area contributed by atoms with E-state index >= 15 is 0 Å². The van der Waals surface area contributed by atoms with E-state index in [0.29, 0.717) is 6.42 Å². The highest BCUT2D eigenvalue weighted by molar-refractivity contribution is 7.98. The number of hydrogen-bond donors (Lipinski definition) is 0. The Morgan fingerprint density at radius 3 is 2.94 bits per heavy atom. The van der Waals surface area contributed by atoms with Crippen LogP contribution < -0.4 is 4.74 Å². The Morgan fingerprint density at radius 2 is 2.31 bits per heavy atom. The second-order valence-electron chi connectivity index (χ2n) is 3.28. The molecule has 0 heterocycles. The standard InChI is InChI=1S/C12H14FNOS/c1-15-12-5-4-10(8-11(12)13)9-16-7-3-2-6-14/h4-5,8H,2-3,7,9H2,1H3. The summed E-state index contributed by atoms with van der Waals surface area (Å²) in [6, 6.07) is 7.10. The number of rotatable bonds is 6. The minimum Gasteiger partial charge on any atom is -0.494 e. The van der Waals surface area contributed by atoms with Gasteiger partial charge in [0.05, 0.1) is 13.2 Å². The van der Waals surface area contributed by atoms with Crippen molar-refractivity contribution in [3.05, 3.63) is 29.6 Å². The lowest BCUT2D eigenvalue weighted by molar-refractivity contribution is 0.386. The fraction of sp³-hybridized carbons (Fsp3) is 0.417. The van der Waals surface area contributed by atoms with E-state index in [4.69, 9.17) is 10.00 Å². The molecule has 16 heavy (non-hydrogen) atoms. The van der Waals surface area contributed by atoms with Gasteiger partial charge in [0.25, 0.3) is 0 Å². The fourth-order valence-corrected chi connectivity index (χ4v) is 2.15. The van der Waals surface area contributed by atoms with Gasteiger partial charge in [-0.25, -0.2) is 4.39 Å². The smallest absolute Gasteiger partial charge is 0.165 e. The molecule has 86 valence electrons. The van der Waals surface area contributed by atoms with Crippen LogP contribution in [0.15, 0.2) is 18.2 Å². The van der Waals surface area contributed by atoms with Gasteiger partial charge in [0.1, 0.15) is 0 Å². The summed E-state index contributed by atoms with van der Waals surface area (Å²) in [6.45, 7) is 0. The number of hydrogen-bond acceptors (Lipinski definition) is 3. The maximum atomic E-state index is 13.3. The van der Waals surface area contributed by atoms with Crippen LogP contribution in [0.5, 0.6) is 5.75 Å². The van der Waals surface area contributed by atoms with Crippen molar-refractivity contribution >= 4 is 11.8 Å². The number of halogens is 1. The first-order valence-electron chi connectivity index (χ1n) is 5.05. The molecule has 0 aromatic heterocycles. The number of unbranched alkanes of at least 4 members (excludes halogenated alkanes) is 1. The van der Waals surface area contributed by atoms with Gasteiger partial charge in [-0.2, -0.15) is 17.0 Å². The SMILES string of the molecule is COc1ccc(CSCCCC#N)cc1F. The molecule has 0 radical (unpaired) electrons. The molecule has 0 unspecified atom stereocenters. The summed E-state index contributed by atoms with van der Waals surface area (Å²) in [6.07, 6.45) is 1.48. The molecule has 0 aliphatic rings. The maximum absolute atomic E-state index is 13.3. The highest BCUT2D eigenvalue weighted by Crippen LogP contribution is 2.21. The summed E-state index contributed by atoms with van der Waals surface area (Å²) in [4.78, 5) is 0. The largest absolute Gasteiger partial charge is 0.494 e.